The van der Waals surface area contributed by atoms with Crippen LogP contribution in [0.2, 0.25) is 0 Å². The molecular formula is C9H14N2O. The van der Waals surface area contributed by atoms with Gasteiger partial charge in [0.05, 0.1) is 18.5 Å². The van der Waals surface area contributed by atoms with E-state index in [0.717, 1.165) is 12.8 Å². The highest BCUT2D eigenvalue weighted by Crippen LogP contribution is 2.34. The maximum Gasteiger partial charge on any atom is 0.0949 e. The van der Waals surface area contributed by atoms with Crippen molar-refractivity contribution in [2.75, 3.05) is 0 Å². The highest BCUT2D eigenvalue weighted by molar-refractivity contribution is 4.90. The van der Waals surface area contributed by atoms with E-state index in [1.807, 2.05) is 10.8 Å². The van der Waals surface area contributed by atoms with Crippen molar-refractivity contribution in [1.82, 2.24) is 9.55 Å². The van der Waals surface area contributed by atoms with Gasteiger partial charge >= 0.3 is 0 Å². The van der Waals surface area contributed by atoms with Gasteiger partial charge in [-0.15, -0.1) is 0 Å². The molecule has 0 radical (unpaired) electrons. The zero-order valence-corrected chi connectivity index (χ0v) is 7.22. The summed E-state index contributed by atoms with van der Waals surface area (Å²) in [4.78, 5) is 3.98. The number of aromatic nitrogens is 2. The molecule has 3 nitrogen and oxygen atoms in total. The fraction of sp³-hybridized carbons (Fsp3) is 0.667. The maximum absolute atomic E-state index is 9.78. The van der Waals surface area contributed by atoms with E-state index in [9.17, 15) is 5.11 Å². The molecule has 2 rings (SSSR count). The molecule has 0 bridgehead atoms. The Kier molecular flexibility index (Phi) is 1.89. The maximum atomic E-state index is 9.78. The Balaban J connectivity index is 2.16. The van der Waals surface area contributed by atoms with Gasteiger partial charge in [0.2, 0.25) is 0 Å². The molecule has 0 spiro atoms. The molecule has 0 aromatic carbocycles. The van der Waals surface area contributed by atoms with E-state index in [2.05, 4.69) is 11.9 Å². The molecule has 3 atom stereocenters. The first kappa shape index (κ1) is 7.80. The van der Waals surface area contributed by atoms with Gasteiger partial charge in [-0.2, -0.15) is 0 Å². The third kappa shape index (κ3) is 1.14. The fourth-order valence-corrected chi connectivity index (χ4v) is 1.95. The van der Waals surface area contributed by atoms with Crippen molar-refractivity contribution in [1.29, 1.82) is 0 Å². The first-order chi connectivity index (χ1) is 5.79. The molecule has 1 aliphatic carbocycles. The Morgan fingerprint density at radius 3 is 2.83 bits per heavy atom. The molecule has 0 saturated heterocycles. The lowest BCUT2D eigenvalue weighted by atomic mass is 10.1. The van der Waals surface area contributed by atoms with E-state index in [1.54, 1.807) is 12.5 Å². The summed E-state index contributed by atoms with van der Waals surface area (Å²) in [5.41, 5.74) is 0. The van der Waals surface area contributed by atoms with Crippen LogP contribution in [0.4, 0.5) is 0 Å². The monoisotopic (exact) mass is 166 g/mol. The van der Waals surface area contributed by atoms with Crippen LogP contribution >= 0.6 is 0 Å². The van der Waals surface area contributed by atoms with Gasteiger partial charge in [0, 0.05) is 12.4 Å². The molecule has 0 amide bonds. The Bertz CT molecular complexity index is 245. The van der Waals surface area contributed by atoms with Crippen molar-refractivity contribution >= 4 is 0 Å². The van der Waals surface area contributed by atoms with E-state index in [1.165, 1.54) is 0 Å². The van der Waals surface area contributed by atoms with Gasteiger partial charge < -0.3 is 9.67 Å². The van der Waals surface area contributed by atoms with E-state index >= 15 is 0 Å². The number of hydrogen-bond acceptors (Lipinski definition) is 2. The van der Waals surface area contributed by atoms with Crippen LogP contribution in [0.1, 0.15) is 25.8 Å². The molecule has 1 saturated carbocycles. The summed E-state index contributed by atoms with van der Waals surface area (Å²) in [6, 6.07) is 0.252. The van der Waals surface area contributed by atoms with Gasteiger partial charge in [-0.25, -0.2) is 4.98 Å². The minimum atomic E-state index is -0.195. The zero-order chi connectivity index (χ0) is 8.55. The molecule has 0 aliphatic heterocycles. The highest BCUT2D eigenvalue weighted by Gasteiger charge is 2.32. The fourth-order valence-electron chi connectivity index (χ4n) is 1.95. The normalized spacial score (nSPS) is 35.7. The molecular weight excluding hydrogens is 152 g/mol. The van der Waals surface area contributed by atoms with E-state index < -0.39 is 0 Å². The summed E-state index contributed by atoms with van der Waals surface area (Å²) in [6.45, 7) is 2.10. The third-order valence-electron chi connectivity index (χ3n) is 2.80. The predicted molar refractivity (Wildman–Crippen MR) is 45.7 cm³/mol. The second-order valence-electron chi connectivity index (χ2n) is 3.62. The molecule has 0 unspecified atom stereocenters. The lowest BCUT2D eigenvalue weighted by molar-refractivity contribution is 0.102. The molecule has 1 aliphatic rings. The molecule has 1 heterocycles. The lowest BCUT2D eigenvalue weighted by Gasteiger charge is -2.17. The topological polar surface area (TPSA) is 38.0 Å². The molecule has 1 N–H and O–H groups in total. The second-order valence-corrected chi connectivity index (χ2v) is 3.62. The molecule has 1 aromatic heterocycles. The van der Waals surface area contributed by atoms with Crippen LogP contribution in [0.15, 0.2) is 18.7 Å². The number of nitrogens with zero attached hydrogens (tertiary/aromatic N) is 2. The average molecular weight is 166 g/mol. The van der Waals surface area contributed by atoms with Crippen LogP contribution in [0.5, 0.6) is 0 Å². The first-order valence-corrected chi connectivity index (χ1v) is 4.44. The Hall–Kier alpha value is -0.830. The average Bonchev–Trinajstić information content (AvgIpc) is 2.64. The molecule has 3 heteroatoms. The summed E-state index contributed by atoms with van der Waals surface area (Å²) in [5, 5.41) is 9.78. The van der Waals surface area contributed by atoms with Crippen molar-refractivity contribution in [2.45, 2.75) is 31.9 Å². The second kappa shape index (κ2) is 2.90. The van der Waals surface area contributed by atoms with Crippen molar-refractivity contribution in [3.8, 4) is 0 Å². The van der Waals surface area contributed by atoms with Crippen molar-refractivity contribution in [3.63, 3.8) is 0 Å². The molecule has 12 heavy (non-hydrogen) atoms. The molecule has 66 valence electrons. The minimum absolute atomic E-state index is 0.195. The van der Waals surface area contributed by atoms with E-state index in [0.29, 0.717) is 5.92 Å². The van der Waals surface area contributed by atoms with Gasteiger partial charge in [-0.1, -0.05) is 6.92 Å². The zero-order valence-electron chi connectivity index (χ0n) is 7.22. The number of aliphatic hydroxyl groups excluding tert-OH is 1. The van der Waals surface area contributed by atoms with Crippen molar-refractivity contribution < 1.29 is 5.11 Å². The molecule has 1 fully saturated rings. The van der Waals surface area contributed by atoms with Crippen LogP contribution in [-0.2, 0) is 0 Å². The van der Waals surface area contributed by atoms with Crippen molar-refractivity contribution in [3.05, 3.63) is 18.7 Å². The van der Waals surface area contributed by atoms with E-state index in [-0.39, 0.29) is 12.1 Å². The summed E-state index contributed by atoms with van der Waals surface area (Å²) < 4.78 is 2.01. The predicted octanol–water partition coefficient (Wildman–Crippen LogP) is 1.21. The summed E-state index contributed by atoms with van der Waals surface area (Å²) >= 11 is 0. The van der Waals surface area contributed by atoms with Crippen LogP contribution in [0.25, 0.3) is 0 Å². The van der Waals surface area contributed by atoms with Gasteiger partial charge in [-0.05, 0) is 18.8 Å². The Morgan fingerprint density at radius 2 is 2.33 bits per heavy atom. The quantitative estimate of drug-likeness (QED) is 0.681. The third-order valence-corrected chi connectivity index (χ3v) is 2.80. The van der Waals surface area contributed by atoms with E-state index in [4.69, 9.17) is 0 Å². The van der Waals surface area contributed by atoms with Crippen LogP contribution in [-0.4, -0.2) is 20.8 Å². The highest BCUT2D eigenvalue weighted by atomic mass is 16.3. The Labute approximate surface area is 72.0 Å². The largest absolute Gasteiger partial charge is 0.391 e. The van der Waals surface area contributed by atoms with Gasteiger partial charge in [0.15, 0.2) is 0 Å². The van der Waals surface area contributed by atoms with Gasteiger partial charge in [0.25, 0.3) is 0 Å². The molecule has 1 aromatic rings. The lowest BCUT2D eigenvalue weighted by Crippen LogP contribution is -2.21. The number of hydrogen-bond donors (Lipinski definition) is 1. The summed E-state index contributed by atoms with van der Waals surface area (Å²) in [6.07, 6.45) is 7.45. The number of rotatable bonds is 1. The van der Waals surface area contributed by atoms with Crippen LogP contribution in [0.3, 0.4) is 0 Å². The number of imidazole rings is 1. The standard InChI is InChI=1S/C9H14N2O/c1-7-2-3-8(9(7)12)11-5-4-10-6-11/h4-9,12H,2-3H2,1H3/t7-,8-,9-/m1/s1. The SMILES string of the molecule is C[C@@H]1CC[C@@H](n2ccnc2)[C@@H]1O. The smallest absolute Gasteiger partial charge is 0.0949 e. The van der Waals surface area contributed by atoms with Crippen molar-refractivity contribution in [2.24, 2.45) is 5.92 Å². The summed E-state index contributed by atoms with van der Waals surface area (Å²) in [7, 11) is 0. The van der Waals surface area contributed by atoms with Gasteiger partial charge in [0.1, 0.15) is 0 Å². The van der Waals surface area contributed by atoms with Gasteiger partial charge in [-0.3, -0.25) is 0 Å². The minimum Gasteiger partial charge on any atom is -0.391 e. The first-order valence-electron chi connectivity index (χ1n) is 4.44. The summed E-state index contributed by atoms with van der Waals surface area (Å²) in [5.74, 6) is 0.428. The van der Waals surface area contributed by atoms with Crippen LogP contribution < -0.4 is 0 Å². The Morgan fingerprint density at radius 1 is 1.50 bits per heavy atom. The van der Waals surface area contributed by atoms with Crippen LogP contribution in [0, 0.1) is 5.92 Å². The number of aliphatic hydroxyl groups is 1.